The molecule has 2 unspecified atom stereocenters. The van der Waals surface area contributed by atoms with Crippen LogP contribution in [0.15, 0.2) is 72.9 Å². The molecule has 10 nitrogen and oxygen atoms in total. The summed E-state index contributed by atoms with van der Waals surface area (Å²) in [5, 5.41) is 12.3. The number of carbonyl (C=O) groups excluding carboxylic acids is 2. The Bertz CT molecular complexity index is 1980. The molecule has 2 aliphatic rings. The van der Waals surface area contributed by atoms with Gasteiger partial charge in [0.2, 0.25) is 5.91 Å². The molecule has 49 heavy (non-hydrogen) atoms. The number of nitrogens with zero attached hydrogens (tertiary/aromatic N) is 6. The van der Waals surface area contributed by atoms with Crippen molar-refractivity contribution in [3.8, 4) is 0 Å². The SMILES string of the molecule is CN(C)CC1Cc2ccccc2N(C(=O)C(Cc2c[nH]c3ccccc23)NC(=O)N2CCC(n3nnc4cc(C(F)(F)F)ccc43)CC2)C1. The molecular weight excluding hydrogens is 633 g/mol. The number of benzene rings is 3. The van der Waals surface area contributed by atoms with Crippen LogP contribution >= 0.6 is 0 Å². The molecular formula is C36H39F3N8O2. The van der Waals surface area contributed by atoms with Crippen LogP contribution in [0.4, 0.5) is 23.7 Å². The van der Waals surface area contributed by atoms with Gasteiger partial charge in [-0.3, -0.25) is 4.79 Å². The van der Waals surface area contributed by atoms with Crippen molar-refractivity contribution in [1.29, 1.82) is 0 Å². The summed E-state index contributed by atoms with van der Waals surface area (Å²) in [6, 6.07) is 18.1. The third-order valence-corrected chi connectivity index (χ3v) is 9.71. The van der Waals surface area contributed by atoms with Crippen molar-refractivity contribution >= 4 is 39.6 Å². The maximum atomic E-state index is 14.6. The summed E-state index contributed by atoms with van der Waals surface area (Å²) < 4.78 is 41.3. The van der Waals surface area contributed by atoms with Crippen molar-refractivity contribution in [2.24, 2.45) is 5.92 Å². The van der Waals surface area contributed by atoms with E-state index in [9.17, 15) is 22.8 Å². The molecule has 1 fully saturated rings. The predicted octanol–water partition coefficient (Wildman–Crippen LogP) is 5.66. The topological polar surface area (TPSA) is 102 Å². The second kappa shape index (κ2) is 13.2. The van der Waals surface area contributed by atoms with E-state index in [1.807, 2.05) is 67.7 Å². The first-order valence-corrected chi connectivity index (χ1v) is 16.6. The molecule has 1 saturated heterocycles. The zero-order valence-electron chi connectivity index (χ0n) is 27.5. The number of piperidine rings is 1. The Morgan fingerprint density at radius 1 is 1.04 bits per heavy atom. The fourth-order valence-electron chi connectivity index (χ4n) is 7.38. The molecule has 4 heterocycles. The Kier molecular flexibility index (Phi) is 8.78. The zero-order valence-corrected chi connectivity index (χ0v) is 27.5. The quantitative estimate of drug-likeness (QED) is 0.233. The van der Waals surface area contributed by atoms with Crippen LogP contribution in [0.1, 0.15) is 35.6 Å². The molecule has 256 valence electrons. The number of H-pyrrole nitrogens is 1. The number of para-hydroxylation sites is 2. The van der Waals surface area contributed by atoms with Gasteiger partial charge in [0, 0.05) is 55.4 Å². The minimum absolute atomic E-state index is 0.132. The molecule has 0 aliphatic carbocycles. The van der Waals surface area contributed by atoms with Crippen molar-refractivity contribution in [1.82, 2.24) is 35.1 Å². The van der Waals surface area contributed by atoms with Gasteiger partial charge in [0.1, 0.15) is 11.6 Å². The predicted molar refractivity (Wildman–Crippen MR) is 181 cm³/mol. The number of hydrogen-bond donors (Lipinski definition) is 2. The van der Waals surface area contributed by atoms with Crippen molar-refractivity contribution in [2.75, 3.05) is 45.2 Å². The van der Waals surface area contributed by atoms with Crippen LogP contribution in [-0.2, 0) is 23.8 Å². The highest BCUT2D eigenvalue weighted by Gasteiger charge is 2.36. The Balaban J connectivity index is 1.10. The number of anilines is 1. The van der Waals surface area contributed by atoms with Crippen LogP contribution in [-0.4, -0.2) is 88.0 Å². The largest absolute Gasteiger partial charge is 0.416 e. The van der Waals surface area contributed by atoms with Crippen molar-refractivity contribution < 1.29 is 22.8 Å². The molecule has 0 radical (unpaired) electrons. The molecule has 2 aromatic heterocycles. The minimum atomic E-state index is -4.46. The van der Waals surface area contributed by atoms with Gasteiger partial charge >= 0.3 is 12.2 Å². The number of urea groups is 1. The normalized spacial score (nSPS) is 17.9. The zero-order chi connectivity index (χ0) is 34.3. The lowest BCUT2D eigenvalue weighted by molar-refractivity contribution is -0.137. The summed E-state index contributed by atoms with van der Waals surface area (Å²) in [5.41, 5.74) is 3.83. The summed E-state index contributed by atoms with van der Waals surface area (Å²) in [4.78, 5) is 37.4. The molecule has 2 atom stereocenters. The highest BCUT2D eigenvalue weighted by atomic mass is 19.4. The van der Waals surface area contributed by atoms with Crippen LogP contribution in [0.2, 0.25) is 0 Å². The Labute approximate surface area is 281 Å². The Hall–Kier alpha value is -4.91. The van der Waals surface area contributed by atoms with Crippen molar-refractivity contribution in [3.63, 3.8) is 0 Å². The second-order valence-electron chi connectivity index (χ2n) is 13.4. The maximum absolute atomic E-state index is 14.6. The van der Waals surface area contributed by atoms with E-state index in [1.165, 1.54) is 6.07 Å². The number of alkyl halides is 3. The van der Waals surface area contributed by atoms with Gasteiger partial charge in [-0.1, -0.05) is 41.6 Å². The molecule has 0 saturated carbocycles. The van der Waals surface area contributed by atoms with E-state index in [1.54, 1.807) is 9.58 Å². The van der Waals surface area contributed by atoms with Gasteiger partial charge in [0.05, 0.1) is 17.1 Å². The lowest BCUT2D eigenvalue weighted by Gasteiger charge is -2.38. The van der Waals surface area contributed by atoms with E-state index in [-0.39, 0.29) is 29.4 Å². The number of amides is 3. The van der Waals surface area contributed by atoms with Gasteiger partial charge in [-0.15, -0.1) is 5.10 Å². The fourth-order valence-corrected chi connectivity index (χ4v) is 7.38. The maximum Gasteiger partial charge on any atom is 0.416 e. The van der Waals surface area contributed by atoms with E-state index < -0.39 is 17.8 Å². The van der Waals surface area contributed by atoms with Crippen molar-refractivity contribution in [3.05, 3.63) is 89.6 Å². The molecule has 2 N–H and O–H groups in total. The Morgan fingerprint density at radius 2 is 1.80 bits per heavy atom. The first-order valence-electron chi connectivity index (χ1n) is 16.6. The van der Waals surface area contributed by atoms with Crippen LogP contribution in [0.25, 0.3) is 21.9 Å². The van der Waals surface area contributed by atoms with Gasteiger partial charge in [0.15, 0.2) is 0 Å². The number of aromatic nitrogens is 4. The molecule has 13 heteroatoms. The monoisotopic (exact) mass is 672 g/mol. The van der Waals surface area contributed by atoms with Gasteiger partial charge in [-0.05, 0) is 80.7 Å². The van der Waals surface area contributed by atoms with Gasteiger partial charge in [-0.2, -0.15) is 13.2 Å². The van der Waals surface area contributed by atoms with Crippen LogP contribution in [0, 0.1) is 5.92 Å². The lowest BCUT2D eigenvalue weighted by atomic mass is 9.91. The van der Waals surface area contributed by atoms with E-state index in [4.69, 9.17) is 0 Å². The van der Waals surface area contributed by atoms with Crippen LogP contribution in [0.3, 0.4) is 0 Å². The van der Waals surface area contributed by atoms with Gasteiger partial charge in [0.25, 0.3) is 0 Å². The number of aromatic amines is 1. The van der Waals surface area contributed by atoms with Crippen LogP contribution < -0.4 is 10.2 Å². The number of fused-ring (bicyclic) bond motifs is 3. The number of likely N-dealkylation sites (tertiary alicyclic amines) is 1. The molecule has 3 amide bonds. The molecule has 3 aromatic carbocycles. The molecule has 0 spiro atoms. The third-order valence-electron chi connectivity index (χ3n) is 9.71. The minimum Gasteiger partial charge on any atom is -0.361 e. The number of carbonyl (C=O) groups is 2. The first kappa shape index (κ1) is 32.6. The Morgan fingerprint density at radius 3 is 2.57 bits per heavy atom. The van der Waals surface area contributed by atoms with E-state index in [0.29, 0.717) is 44.4 Å². The van der Waals surface area contributed by atoms with E-state index >= 15 is 0 Å². The van der Waals surface area contributed by atoms with E-state index in [0.717, 1.165) is 52.8 Å². The summed E-state index contributed by atoms with van der Waals surface area (Å²) in [5.74, 6) is 0.0852. The first-order chi connectivity index (χ1) is 23.5. The molecule has 7 rings (SSSR count). The highest BCUT2D eigenvalue weighted by Crippen LogP contribution is 2.33. The molecule has 5 aromatic rings. The van der Waals surface area contributed by atoms with Crippen molar-refractivity contribution in [2.45, 2.75) is 43.9 Å². The summed E-state index contributed by atoms with van der Waals surface area (Å²) in [6.07, 6.45) is -0.291. The third kappa shape index (κ3) is 6.71. The van der Waals surface area contributed by atoms with Gasteiger partial charge in [-0.25, -0.2) is 9.48 Å². The summed E-state index contributed by atoms with van der Waals surface area (Å²) >= 11 is 0. The average Bonchev–Trinajstić information content (AvgIpc) is 3.70. The average molecular weight is 673 g/mol. The summed E-state index contributed by atoms with van der Waals surface area (Å²) in [6.45, 7) is 2.17. The number of nitrogens with one attached hydrogen (secondary N) is 2. The van der Waals surface area contributed by atoms with Crippen LogP contribution in [0.5, 0.6) is 0 Å². The molecule has 2 aliphatic heterocycles. The number of halogens is 3. The number of hydrogen-bond acceptors (Lipinski definition) is 5. The number of rotatable bonds is 7. The van der Waals surface area contributed by atoms with Gasteiger partial charge < -0.3 is 25.0 Å². The smallest absolute Gasteiger partial charge is 0.361 e. The lowest BCUT2D eigenvalue weighted by Crippen LogP contribution is -2.56. The second-order valence-corrected chi connectivity index (χ2v) is 13.4. The standard InChI is InChI=1S/C36H39F3N8O2/c1-44(2)21-23-17-24-7-3-6-10-32(24)46(22-23)34(48)31(18-25-20-40-29-9-5-4-8-28(25)29)41-35(49)45-15-13-27(14-16-45)47-33-12-11-26(36(37,38)39)19-30(33)42-43-47/h3-12,19-20,23,27,31,40H,13-18,21-22H2,1-2H3,(H,41,49). The van der Waals surface area contributed by atoms with E-state index in [2.05, 4.69) is 31.6 Å². The fraction of sp³-hybridized carbons (Fsp3) is 0.389. The summed E-state index contributed by atoms with van der Waals surface area (Å²) in [7, 11) is 4.07. The highest BCUT2D eigenvalue weighted by molar-refractivity contribution is 6.00. The molecule has 0 bridgehead atoms.